The average Bonchev–Trinajstić information content (AvgIpc) is 2.82. The Hall–Kier alpha value is -2.50. The lowest BCUT2D eigenvalue weighted by Crippen LogP contribution is -2.27. The molecule has 0 aliphatic carbocycles. The Morgan fingerprint density at radius 2 is 2.22 bits per heavy atom. The molecule has 1 aromatic heterocycles. The molecule has 2 aromatic rings. The first-order valence-corrected chi connectivity index (χ1v) is 5.43. The molecule has 6 heteroatoms. The molecule has 0 saturated heterocycles. The first kappa shape index (κ1) is 12.0. The molecule has 18 heavy (non-hydrogen) atoms. The van der Waals surface area contributed by atoms with Crippen molar-refractivity contribution in [2.45, 2.75) is 6.42 Å². The SMILES string of the molecule is NC(CCNC(=O)c1coc2ccccc12)=NO. The van der Waals surface area contributed by atoms with Crippen molar-refractivity contribution in [3.63, 3.8) is 0 Å². The molecule has 2 rings (SSSR count). The van der Waals surface area contributed by atoms with Gasteiger partial charge in [-0.3, -0.25) is 4.79 Å². The molecule has 1 amide bonds. The van der Waals surface area contributed by atoms with Crippen molar-refractivity contribution in [1.29, 1.82) is 0 Å². The fourth-order valence-electron chi connectivity index (χ4n) is 1.60. The van der Waals surface area contributed by atoms with Gasteiger partial charge >= 0.3 is 0 Å². The number of carbonyl (C=O) groups excluding carboxylic acids is 1. The van der Waals surface area contributed by atoms with Crippen LogP contribution < -0.4 is 11.1 Å². The van der Waals surface area contributed by atoms with Gasteiger partial charge in [0.15, 0.2) is 0 Å². The van der Waals surface area contributed by atoms with Crippen LogP contribution in [0.3, 0.4) is 0 Å². The predicted octanol–water partition coefficient (Wildman–Crippen LogP) is 1.30. The van der Waals surface area contributed by atoms with Gasteiger partial charge in [-0.15, -0.1) is 0 Å². The molecule has 0 radical (unpaired) electrons. The molecule has 6 nitrogen and oxygen atoms in total. The summed E-state index contributed by atoms with van der Waals surface area (Å²) in [5.41, 5.74) is 6.44. The molecular formula is C12H13N3O3. The summed E-state index contributed by atoms with van der Waals surface area (Å²) in [6.45, 7) is 0.300. The van der Waals surface area contributed by atoms with Crippen molar-refractivity contribution < 1.29 is 14.4 Å². The van der Waals surface area contributed by atoms with Gasteiger partial charge in [0.2, 0.25) is 0 Å². The second-order valence-electron chi connectivity index (χ2n) is 3.74. The summed E-state index contributed by atoms with van der Waals surface area (Å²) in [6, 6.07) is 7.29. The molecular weight excluding hydrogens is 234 g/mol. The highest BCUT2D eigenvalue weighted by Crippen LogP contribution is 2.20. The van der Waals surface area contributed by atoms with Crippen molar-refractivity contribution in [3.8, 4) is 0 Å². The summed E-state index contributed by atoms with van der Waals surface area (Å²) in [4.78, 5) is 11.9. The van der Waals surface area contributed by atoms with E-state index in [-0.39, 0.29) is 18.2 Å². The number of rotatable bonds is 4. The molecule has 0 unspecified atom stereocenters. The molecule has 0 saturated carbocycles. The number of amidine groups is 1. The van der Waals surface area contributed by atoms with E-state index in [9.17, 15) is 4.79 Å². The summed E-state index contributed by atoms with van der Waals surface area (Å²) >= 11 is 0. The maximum Gasteiger partial charge on any atom is 0.255 e. The van der Waals surface area contributed by atoms with E-state index in [2.05, 4.69) is 10.5 Å². The highest BCUT2D eigenvalue weighted by molar-refractivity contribution is 6.05. The number of hydrogen-bond donors (Lipinski definition) is 3. The minimum Gasteiger partial charge on any atom is -0.463 e. The lowest BCUT2D eigenvalue weighted by molar-refractivity contribution is 0.0955. The average molecular weight is 247 g/mol. The highest BCUT2D eigenvalue weighted by atomic mass is 16.4. The van der Waals surface area contributed by atoms with Gasteiger partial charge in [0, 0.05) is 18.4 Å². The molecule has 1 heterocycles. The van der Waals surface area contributed by atoms with Gasteiger partial charge in [-0.2, -0.15) is 0 Å². The number of benzene rings is 1. The van der Waals surface area contributed by atoms with Crippen molar-refractivity contribution in [2.75, 3.05) is 6.54 Å². The Balaban J connectivity index is 2.05. The third kappa shape index (κ3) is 2.42. The van der Waals surface area contributed by atoms with Crippen molar-refractivity contribution >= 4 is 22.7 Å². The van der Waals surface area contributed by atoms with Crippen molar-refractivity contribution in [1.82, 2.24) is 5.32 Å². The fourth-order valence-corrected chi connectivity index (χ4v) is 1.60. The second-order valence-corrected chi connectivity index (χ2v) is 3.74. The van der Waals surface area contributed by atoms with Gasteiger partial charge in [-0.05, 0) is 6.07 Å². The first-order chi connectivity index (χ1) is 8.72. The monoisotopic (exact) mass is 247 g/mol. The van der Waals surface area contributed by atoms with Crippen molar-refractivity contribution in [2.24, 2.45) is 10.9 Å². The molecule has 0 bridgehead atoms. The van der Waals surface area contributed by atoms with E-state index in [0.29, 0.717) is 17.7 Å². The van der Waals surface area contributed by atoms with Crippen LogP contribution in [0.5, 0.6) is 0 Å². The van der Waals surface area contributed by atoms with Gasteiger partial charge in [-0.25, -0.2) is 0 Å². The fraction of sp³-hybridized carbons (Fsp3) is 0.167. The van der Waals surface area contributed by atoms with Crippen LogP contribution in [0.15, 0.2) is 40.1 Å². The zero-order valence-corrected chi connectivity index (χ0v) is 9.59. The Labute approximate surface area is 103 Å². The Kier molecular flexibility index (Phi) is 3.47. The van der Waals surface area contributed by atoms with E-state index in [4.69, 9.17) is 15.4 Å². The Bertz CT molecular complexity index is 589. The number of nitrogens with zero attached hydrogens (tertiary/aromatic N) is 1. The molecule has 0 atom stereocenters. The number of para-hydroxylation sites is 1. The smallest absolute Gasteiger partial charge is 0.255 e. The van der Waals surface area contributed by atoms with E-state index in [1.54, 1.807) is 6.07 Å². The predicted molar refractivity (Wildman–Crippen MR) is 66.6 cm³/mol. The minimum absolute atomic E-state index is 0.0763. The van der Waals surface area contributed by atoms with E-state index in [0.717, 1.165) is 5.39 Å². The molecule has 4 N–H and O–H groups in total. The number of nitrogens with two attached hydrogens (primary N) is 1. The summed E-state index contributed by atoms with van der Waals surface area (Å²) < 4.78 is 5.27. The minimum atomic E-state index is -0.245. The number of furan rings is 1. The van der Waals surface area contributed by atoms with Crippen LogP contribution in [0, 0.1) is 0 Å². The standard InChI is InChI=1S/C12H13N3O3/c13-11(15-17)5-6-14-12(16)9-7-18-10-4-2-1-3-8(9)10/h1-4,7,17H,5-6H2,(H2,13,15)(H,14,16). The quantitative estimate of drug-likeness (QED) is 0.328. The van der Waals surface area contributed by atoms with Crippen LogP contribution in [0.4, 0.5) is 0 Å². The third-order valence-electron chi connectivity index (χ3n) is 2.52. The molecule has 0 fully saturated rings. The first-order valence-electron chi connectivity index (χ1n) is 5.43. The van der Waals surface area contributed by atoms with Crippen LogP contribution in [-0.4, -0.2) is 23.5 Å². The Morgan fingerprint density at radius 3 is 3.00 bits per heavy atom. The lowest BCUT2D eigenvalue weighted by atomic mass is 10.1. The van der Waals surface area contributed by atoms with Gasteiger partial charge in [0.25, 0.3) is 5.91 Å². The van der Waals surface area contributed by atoms with E-state index in [1.807, 2.05) is 18.2 Å². The van der Waals surface area contributed by atoms with Gasteiger partial charge < -0.3 is 20.7 Å². The molecule has 0 spiro atoms. The number of fused-ring (bicyclic) bond motifs is 1. The van der Waals surface area contributed by atoms with E-state index in [1.165, 1.54) is 6.26 Å². The van der Waals surface area contributed by atoms with Gasteiger partial charge in [0.05, 0.1) is 5.56 Å². The maximum absolute atomic E-state index is 11.9. The van der Waals surface area contributed by atoms with Crippen LogP contribution >= 0.6 is 0 Å². The second kappa shape index (κ2) is 5.22. The van der Waals surface area contributed by atoms with E-state index < -0.39 is 0 Å². The lowest BCUT2D eigenvalue weighted by Gasteiger charge is -2.02. The van der Waals surface area contributed by atoms with Crippen LogP contribution in [0.25, 0.3) is 11.0 Å². The van der Waals surface area contributed by atoms with E-state index >= 15 is 0 Å². The number of oxime groups is 1. The summed E-state index contributed by atoms with van der Waals surface area (Å²) in [5.74, 6) is -0.168. The third-order valence-corrected chi connectivity index (χ3v) is 2.52. The van der Waals surface area contributed by atoms with Gasteiger partial charge in [-0.1, -0.05) is 23.4 Å². The van der Waals surface area contributed by atoms with Gasteiger partial charge in [0.1, 0.15) is 17.7 Å². The summed E-state index contributed by atoms with van der Waals surface area (Å²) in [5, 5.41) is 14.6. The zero-order chi connectivity index (χ0) is 13.0. The zero-order valence-electron chi connectivity index (χ0n) is 9.59. The van der Waals surface area contributed by atoms with Crippen LogP contribution in [-0.2, 0) is 0 Å². The molecule has 0 aliphatic rings. The summed E-state index contributed by atoms with van der Waals surface area (Å²) in [6.07, 6.45) is 1.71. The Morgan fingerprint density at radius 1 is 1.44 bits per heavy atom. The molecule has 0 aliphatic heterocycles. The molecule has 1 aromatic carbocycles. The number of carbonyl (C=O) groups is 1. The molecule has 94 valence electrons. The van der Waals surface area contributed by atoms with Crippen molar-refractivity contribution in [3.05, 3.63) is 36.1 Å². The topological polar surface area (TPSA) is 101 Å². The maximum atomic E-state index is 11.9. The number of hydrogen-bond acceptors (Lipinski definition) is 4. The highest BCUT2D eigenvalue weighted by Gasteiger charge is 2.12. The van der Waals surface area contributed by atoms with Crippen LogP contribution in [0.1, 0.15) is 16.8 Å². The van der Waals surface area contributed by atoms with Crippen LogP contribution in [0.2, 0.25) is 0 Å². The normalized spacial score (nSPS) is 11.7. The largest absolute Gasteiger partial charge is 0.463 e. The summed E-state index contributed by atoms with van der Waals surface area (Å²) in [7, 11) is 0. The number of amides is 1. The number of nitrogens with one attached hydrogen (secondary N) is 1.